The van der Waals surface area contributed by atoms with Crippen LogP contribution in [-0.4, -0.2) is 30.6 Å². The van der Waals surface area contributed by atoms with Gasteiger partial charge in [-0.3, -0.25) is 4.90 Å². The number of likely N-dealkylation sites (tertiary alicyclic amines) is 1. The van der Waals surface area contributed by atoms with E-state index in [1.807, 2.05) is 12.1 Å². The fourth-order valence-electron chi connectivity index (χ4n) is 2.68. The number of benzene rings is 1. The second-order valence-corrected chi connectivity index (χ2v) is 5.43. The minimum absolute atomic E-state index is 0.323. The molecule has 1 aliphatic heterocycles. The Labute approximate surface area is 115 Å². The first-order chi connectivity index (χ1) is 9.18. The summed E-state index contributed by atoms with van der Waals surface area (Å²) in [5.74, 6) is 0.881. The zero-order chi connectivity index (χ0) is 13.7. The molecule has 0 amide bonds. The van der Waals surface area contributed by atoms with Crippen LogP contribution in [0.5, 0.6) is 5.75 Å². The Balaban J connectivity index is 1.97. The molecule has 0 saturated carbocycles. The number of hydrogen-bond donors (Lipinski definition) is 0. The molecule has 1 aromatic carbocycles. The molecular weight excluding hydrogens is 236 g/mol. The van der Waals surface area contributed by atoms with Crippen molar-refractivity contribution in [2.45, 2.75) is 38.1 Å². The lowest BCUT2D eigenvalue weighted by Crippen LogP contribution is -2.43. The van der Waals surface area contributed by atoms with E-state index in [1.165, 1.54) is 18.4 Å². The molecule has 19 heavy (non-hydrogen) atoms. The van der Waals surface area contributed by atoms with Crippen LogP contribution in [0.4, 0.5) is 0 Å². The van der Waals surface area contributed by atoms with E-state index in [0.717, 1.165) is 31.7 Å². The van der Waals surface area contributed by atoms with Gasteiger partial charge in [0.1, 0.15) is 11.3 Å². The lowest BCUT2D eigenvalue weighted by Gasteiger charge is -2.32. The van der Waals surface area contributed by atoms with Crippen LogP contribution in [0, 0.1) is 11.3 Å². The first-order valence-corrected chi connectivity index (χ1v) is 6.97. The summed E-state index contributed by atoms with van der Waals surface area (Å²) in [4.78, 5) is 2.33. The summed E-state index contributed by atoms with van der Waals surface area (Å²) < 4.78 is 5.16. The predicted octanol–water partition coefficient (Wildman–Crippen LogP) is 3.01. The number of rotatable bonds is 5. The fraction of sp³-hybridized carbons (Fsp3) is 0.562. The van der Waals surface area contributed by atoms with Gasteiger partial charge in [-0.2, -0.15) is 5.26 Å². The van der Waals surface area contributed by atoms with E-state index in [-0.39, 0.29) is 5.54 Å². The van der Waals surface area contributed by atoms with Gasteiger partial charge in [-0.25, -0.2) is 0 Å². The van der Waals surface area contributed by atoms with Gasteiger partial charge in [-0.05, 0) is 63.4 Å². The Morgan fingerprint density at radius 1 is 1.26 bits per heavy atom. The average Bonchev–Trinajstić information content (AvgIpc) is 3.00. The third-order valence-corrected chi connectivity index (χ3v) is 4.10. The molecule has 1 heterocycles. The Morgan fingerprint density at radius 2 is 1.89 bits per heavy atom. The van der Waals surface area contributed by atoms with Crippen LogP contribution in [0.2, 0.25) is 0 Å². The Bertz CT molecular complexity index is 443. The van der Waals surface area contributed by atoms with Crippen molar-refractivity contribution < 1.29 is 4.74 Å². The van der Waals surface area contributed by atoms with Crippen molar-refractivity contribution in [3.8, 4) is 11.8 Å². The second-order valence-electron chi connectivity index (χ2n) is 5.43. The molecule has 1 unspecified atom stereocenters. The SMILES string of the molecule is COc1ccc(CCC(C)(C#N)N2CCCC2)cc1. The molecule has 102 valence electrons. The number of ether oxygens (including phenoxy) is 1. The highest BCUT2D eigenvalue weighted by Crippen LogP contribution is 2.26. The molecule has 0 aliphatic carbocycles. The van der Waals surface area contributed by atoms with Gasteiger partial charge in [0.2, 0.25) is 0 Å². The first kappa shape index (κ1) is 13.9. The van der Waals surface area contributed by atoms with Gasteiger partial charge in [0.25, 0.3) is 0 Å². The van der Waals surface area contributed by atoms with Crippen molar-refractivity contribution in [2.24, 2.45) is 0 Å². The van der Waals surface area contributed by atoms with E-state index in [9.17, 15) is 5.26 Å². The number of methoxy groups -OCH3 is 1. The molecular formula is C16H22N2O. The normalized spacial score (nSPS) is 18.8. The lowest BCUT2D eigenvalue weighted by atomic mass is 9.93. The van der Waals surface area contributed by atoms with Crippen molar-refractivity contribution in [3.63, 3.8) is 0 Å². The summed E-state index contributed by atoms with van der Waals surface area (Å²) in [5.41, 5.74) is 0.942. The third kappa shape index (κ3) is 3.27. The summed E-state index contributed by atoms with van der Waals surface area (Å²) >= 11 is 0. The molecule has 3 nitrogen and oxygen atoms in total. The molecule has 1 fully saturated rings. The van der Waals surface area contributed by atoms with Gasteiger partial charge >= 0.3 is 0 Å². The quantitative estimate of drug-likeness (QED) is 0.814. The average molecular weight is 258 g/mol. The first-order valence-electron chi connectivity index (χ1n) is 6.97. The van der Waals surface area contributed by atoms with Crippen LogP contribution >= 0.6 is 0 Å². The third-order valence-electron chi connectivity index (χ3n) is 4.10. The molecule has 1 atom stereocenters. The van der Waals surface area contributed by atoms with Crippen LogP contribution in [-0.2, 0) is 6.42 Å². The topological polar surface area (TPSA) is 36.3 Å². The van der Waals surface area contributed by atoms with Crippen LogP contribution < -0.4 is 4.74 Å². The maximum atomic E-state index is 9.49. The van der Waals surface area contributed by atoms with Crippen molar-refractivity contribution in [3.05, 3.63) is 29.8 Å². The number of hydrogen-bond acceptors (Lipinski definition) is 3. The molecule has 1 aromatic rings. The van der Waals surface area contributed by atoms with Crippen LogP contribution in [0.3, 0.4) is 0 Å². The van der Waals surface area contributed by atoms with Crippen LogP contribution in [0.15, 0.2) is 24.3 Å². The standard InChI is InChI=1S/C16H22N2O/c1-16(13-17,18-11-3-4-12-18)10-9-14-5-7-15(19-2)8-6-14/h5-8H,3-4,9-12H2,1-2H3. The molecule has 1 saturated heterocycles. The van der Waals surface area contributed by atoms with Gasteiger partial charge in [0.05, 0.1) is 13.2 Å². The van der Waals surface area contributed by atoms with E-state index in [2.05, 4.69) is 30.0 Å². The Kier molecular flexibility index (Phi) is 4.44. The molecule has 3 heteroatoms. The molecule has 0 bridgehead atoms. The van der Waals surface area contributed by atoms with E-state index in [4.69, 9.17) is 4.74 Å². The van der Waals surface area contributed by atoms with Crippen molar-refractivity contribution in [1.29, 1.82) is 5.26 Å². The molecule has 0 radical (unpaired) electrons. The zero-order valence-corrected chi connectivity index (χ0v) is 11.9. The monoisotopic (exact) mass is 258 g/mol. The second kappa shape index (κ2) is 6.08. The summed E-state index contributed by atoms with van der Waals surface area (Å²) in [6.45, 7) is 4.20. The minimum atomic E-state index is -0.323. The highest BCUT2D eigenvalue weighted by molar-refractivity contribution is 5.27. The smallest absolute Gasteiger partial charge is 0.118 e. The largest absolute Gasteiger partial charge is 0.497 e. The Morgan fingerprint density at radius 3 is 2.42 bits per heavy atom. The molecule has 1 aliphatic rings. The van der Waals surface area contributed by atoms with Crippen molar-refractivity contribution in [1.82, 2.24) is 4.90 Å². The van der Waals surface area contributed by atoms with Gasteiger partial charge in [-0.15, -0.1) is 0 Å². The Hall–Kier alpha value is -1.53. The van der Waals surface area contributed by atoms with Crippen LogP contribution in [0.1, 0.15) is 31.7 Å². The summed E-state index contributed by atoms with van der Waals surface area (Å²) in [6, 6.07) is 10.6. The molecule has 0 spiro atoms. The summed E-state index contributed by atoms with van der Waals surface area (Å²) in [5, 5.41) is 9.49. The summed E-state index contributed by atoms with van der Waals surface area (Å²) in [6.07, 6.45) is 4.26. The number of nitrogens with zero attached hydrogens (tertiary/aromatic N) is 2. The van der Waals surface area contributed by atoms with Crippen LogP contribution in [0.25, 0.3) is 0 Å². The number of nitriles is 1. The van der Waals surface area contributed by atoms with E-state index in [1.54, 1.807) is 7.11 Å². The zero-order valence-electron chi connectivity index (χ0n) is 11.9. The van der Waals surface area contributed by atoms with E-state index < -0.39 is 0 Å². The van der Waals surface area contributed by atoms with E-state index in [0.29, 0.717) is 0 Å². The van der Waals surface area contributed by atoms with Gasteiger partial charge in [0, 0.05) is 0 Å². The highest BCUT2D eigenvalue weighted by atomic mass is 16.5. The van der Waals surface area contributed by atoms with Crippen molar-refractivity contribution >= 4 is 0 Å². The maximum absolute atomic E-state index is 9.49. The predicted molar refractivity (Wildman–Crippen MR) is 76.1 cm³/mol. The fourth-order valence-corrected chi connectivity index (χ4v) is 2.68. The van der Waals surface area contributed by atoms with E-state index >= 15 is 0 Å². The minimum Gasteiger partial charge on any atom is -0.497 e. The van der Waals surface area contributed by atoms with Crippen molar-refractivity contribution in [2.75, 3.05) is 20.2 Å². The lowest BCUT2D eigenvalue weighted by molar-refractivity contribution is 0.181. The van der Waals surface area contributed by atoms with Gasteiger partial charge in [0.15, 0.2) is 0 Å². The number of aryl methyl sites for hydroxylation is 1. The molecule has 2 rings (SSSR count). The van der Waals surface area contributed by atoms with Gasteiger partial charge in [-0.1, -0.05) is 12.1 Å². The highest BCUT2D eigenvalue weighted by Gasteiger charge is 2.33. The summed E-state index contributed by atoms with van der Waals surface area (Å²) in [7, 11) is 1.68. The molecule has 0 aromatic heterocycles. The molecule has 0 N–H and O–H groups in total. The maximum Gasteiger partial charge on any atom is 0.118 e. The van der Waals surface area contributed by atoms with Gasteiger partial charge < -0.3 is 4.74 Å².